The largest absolute Gasteiger partial charge is 0.329 e. The zero-order valence-corrected chi connectivity index (χ0v) is 12.0. The monoisotopic (exact) mass is 275 g/mol. The number of nitrogens with zero attached hydrogens (tertiary/aromatic N) is 2. The molecule has 5 nitrogen and oxygen atoms in total. The summed E-state index contributed by atoms with van der Waals surface area (Å²) in [6.07, 6.45) is 5.85. The van der Waals surface area contributed by atoms with Crippen LogP contribution in [0, 0.1) is 0 Å². The van der Waals surface area contributed by atoms with Gasteiger partial charge in [-0.05, 0) is 32.1 Å². The summed E-state index contributed by atoms with van der Waals surface area (Å²) in [6.45, 7) is 3.74. The number of rotatable bonds is 6. The summed E-state index contributed by atoms with van der Waals surface area (Å²) >= 11 is 0. The predicted molar refractivity (Wildman–Crippen MR) is 72.3 cm³/mol. The summed E-state index contributed by atoms with van der Waals surface area (Å²) in [6, 6.07) is 0.247. The average molecular weight is 275 g/mol. The van der Waals surface area contributed by atoms with Crippen molar-refractivity contribution in [1.29, 1.82) is 0 Å². The molecule has 0 bridgehead atoms. The highest BCUT2D eigenvalue weighted by atomic mass is 32.2. The van der Waals surface area contributed by atoms with Crippen LogP contribution in [0.25, 0.3) is 0 Å². The molecule has 1 saturated heterocycles. The van der Waals surface area contributed by atoms with Crippen LogP contribution in [-0.4, -0.2) is 48.7 Å². The lowest BCUT2D eigenvalue weighted by Crippen LogP contribution is -2.53. The first-order chi connectivity index (χ1) is 8.61. The van der Waals surface area contributed by atoms with Crippen molar-refractivity contribution in [1.82, 2.24) is 8.61 Å². The molecule has 0 amide bonds. The standard InChI is InChI=1S/C12H25N3O2S/c1-2-8-14(11-6-7-11)18(16,17)15-9-4-3-5-12(15)10-13/h11-12H,2-10,13H2,1H3. The molecule has 0 aromatic heterocycles. The van der Waals surface area contributed by atoms with Gasteiger partial charge in [-0.15, -0.1) is 0 Å². The zero-order chi connectivity index (χ0) is 13.2. The van der Waals surface area contributed by atoms with Crippen LogP contribution in [-0.2, 0) is 10.2 Å². The zero-order valence-electron chi connectivity index (χ0n) is 11.2. The lowest BCUT2D eigenvalue weighted by Gasteiger charge is -2.37. The summed E-state index contributed by atoms with van der Waals surface area (Å²) in [5.74, 6) is 0. The minimum absolute atomic E-state index is 0.00172. The maximum atomic E-state index is 12.7. The van der Waals surface area contributed by atoms with Crippen LogP contribution in [0.15, 0.2) is 0 Å². The van der Waals surface area contributed by atoms with Crippen LogP contribution in [0.3, 0.4) is 0 Å². The molecular weight excluding hydrogens is 250 g/mol. The van der Waals surface area contributed by atoms with Crippen molar-refractivity contribution in [3.63, 3.8) is 0 Å². The fourth-order valence-electron chi connectivity index (χ4n) is 2.72. The van der Waals surface area contributed by atoms with E-state index in [-0.39, 0.29) is 12.1 Å². The van der Waals surface area contributed by atoms with E-state index in [1.54, 1.807) is 8.61 Å². The van der Waals surface area contributed by atoms with Gasteiger partial charge in [-0.3, -0.25) is 0 Å². The molecule has 1 aliphatic heterocycles. The quantitative estimate of drug-likeness (QED) is 0.784. The average Bonchev–Trinajstić information content (AvgIpc) is 3.19. The molecule has 0 aromatic carbocycles. The van der Waals surface area contributed by atoms with Gasteiger partial charge in [-0.1, -0.05) is 13.3 Å². The fraction of sp³-hybridized carbons (Fsp3) is 1.00. The molecule has 2 N–H and O–H groups in total. The summed E-state index contributed by atoms with van der Waals surface area (Å²) in [4.78, 5) is 0. The molecule has 1 atom stereocenters. The predicted octanol–water partition coefficient (Wildman–Crippen LogP) is 0.919. The molecule has 6 heteroatoms. The van der Waals surface area contributed by atoms with E-state index in [1.165, 1.54) is 0 Å². The van der Waals surface area contributed by atoms with Crippen molar-refractivity contribution in [3.8, 4) is 0 Å². The molecule has 18 heavy (non-hydrogen) atoms. The first-order valence-corrected chi connectivity index (χ1v) is 8.49. The van der Waals surface area contributed by atoms with Gasteiger partial charge in [0.05, 0.1) is 0 Å². The van der Waals surface area contributed by atoms with Gasteiger partial charge in [0.25, 0.3) is 10.2 Å². The van der Waals surface area contributed by atoms with Crippen LogP contribution in [0.2, 0.25) is 0 Å². The van der Waals surface area contributed by atoms with E-state index in [0.717, 1.165) is 38.5 Å². The number of nitrogens with two attached hydrogens (primary N) is 1. The molecule has 2 fully saturated rings. The molecule has 106 valence electrons. The van der Waals surface area contributed by atoms with Crippen LogP contribution >= 0.6 is 0 Å². The van der Waals surface area contributed by atoms with Gasteiger partial charge in [0, 0.05) is 31.7 Å². The Balaban J connectivity index is 2.16. The molecule has 1 saturated carbocycles. The number of piperidine rings is 1. The summed E-state index contributed by atoms with van der Waals surface area (Å²) in [7, 11) is -3.30. The van der Waals surface area contributed by atoms with Gasteiger partial charge in [-0.25, -0.2) is 0 Å². The fourth-order valence-corrected chi connectivity index (χ4v) is 4.92. The summed E-state index contributed by atoms with van der Waals surface area (Å²) in [5.41, 5.74) is 5.73. The smallest absolute Gasteiger partial charge is 0.282 e. The topological polar surface area (TPSA) is 66.6 Å². The van der Waals surface area contributed by atoms with Gasteiger partial charge in [0.15, 0.2) is 0 Å². The molecule has 0 radical (unpaired) electrons. The van der Waals surface area contributed by atoms with E-state index in [0.29, 0.717) is 19.6 Å². The summed E-state index contributed by atoms with van der Waals surface area (Å²) < 4.78 is 28.8. The van der Waals surface area contributed by atoms with Gasteiger partial charge in [0.1, 0.15) is 0 Å². The molecule has 1 aliphatic carbocycles. The third kappa shape index (κ3) is 2.87. The molecule has 1 unspecified atom stereocenters. The maximum absolute atomic E-state index is 12.7. The van der Waals surface area contributed by atoms with Crippen molar-refractivity contribution in [3.05, 3.63) is 0 Å². The van der Waals surface area contributed by atoms with Crippen molar-refractivity contribution in [2.24, 2.45) is 5.73 Å². The van der Waals surface area contributed by atoms with Crippen molar-refractivity contribution < 1.29 is 8.42 Å². The highest BCUT2D eigenvalue weighted by Crippen LogP contribution is 2.32. The van der Waals surface area contributed by atoms with Gasteiger partial charge in [0.2, 0.25) is 0 Å². The first kappa shape index (κ1) is 14.2. The number of hydrogen-bond donors (Lipinski definition) is 1. The Labute approximate surface area is 110 Å². The third-order valence-electron chi connectivity index (χ3n) is 3.84. The van der Waals surface area contributed by atoms with Crippen LogP contribution < -0.4 is 5.73 Å². The lowest BCUT2D eigenvalue weighted by atomic mass is 10.1. The van der Waals surface area contributed by atoms with E-state index < -0.39 is 10.2 Å². The van der Waals surface area contributed by atoms with Gasteiger partial charge < -0.3 is 5.73 Å². The third-order valence-corrected chi connectivity index (χ3v) is 5.98. The van der Waals surface area contributed by atoms with Crippen LogP contribution in [0.5, 0.6) is 0 Å². The first-order valence-electron chi connectivity index (χ1n) is 7.10. The Bertz CT molecular complexity index is 368. The minimum Gasteiger partial charge on any atom is -0.329 e. The molecule has 2 rings (SSSR count). The second-order valence-corrected chi connectivity index (χ2v) is 7.18. The van der Waals surface area contributed by atoms with Gasteiger partial charge in [-0.2, -0.15) is 17.0 Å². The molecular formula is C12H25N3O2S. The highest BCUT2D eigenvalue weighted by molar-refractivity contribution is 7.86. The Morgan fingerprint density at radius 3 is 2.56 bits per heavy atom. The van der Waals surface area contributed by atoms with E-state index >= 15 is 0 Å². The second kappa shape index (κ2) is 5.86. The van der Waals surface area contributed by atoms with Crippen molar-refractivity contribution >= 4 is 10.2 Å². The van der Waals surface area contributed by atoms with E-state index in [4.69, 9.17) is 5.73 Å². The Morgan fingerprint density at radius 1 is 1.28 bits per heavy atom. The van der Waals surface area contributed by atoms with Crippen molar-refractivity contribution in [2.45, 2.75) is 57.5 Å². The highest BCUT2D eigenvalue weighted by Gasteiger charge is 2.42. The summed E-state index contributed by atoms with van der Waals surface area (Å²) in [5, 5.41) is 0. The Morgan fingerprint density at radius 2 is 2.00 bits per heavy atom. The Hall–Kier alpha value is -0.170. The van der Waals surface area contributed by atoms with Crippen LogP contribution in [0.4, 0.5) is 0 Å². The second-order valence-electron chi connectivity index (χ2n) is 5.35. The Kier molecular flexibility index (Phi) is 4.64. The van der Waals surface area contributed by atoms with Gasteiger partial charge >= 0.3 is 0 Å². The molecule has 0 aromatic rings. The lowest BCUT2D eigenvalue weighted by molar-refractivity contribution is 0.233. The maximum Gasteiger partial charge on any atom is 0.282 e. The van der Waals surface area contributed by atoms with Crippen molar-refractivity contribution in [2.75, 3.05) is 19.6 Å². The molecule has 2 aliphatic rings. The van der Waals surface area contributed by atoms with E-state index in [2.05, 4.69) is 0 Å². The molecule has 1 heterocycles. The van der Waals surface area contributed by atoms with Crippen LogP contribution in [0.1, 0.15) is 45.4 Å². The van der Waals surface area contributed by atoms with E-state index in [9.17, 15) is 8.42 Å². The van der Waals surface area contributed by atoms with E-state index in [1.807, 2.05) is 6.92 Å². The normalized spacial score (nSPS) is 26.7. The molecule has 0 spiro atoms. The SMILES string of the molecule is CCCN(C1CC1)S(=O)(=O)N1CCCCC1CN. The minimum atomic E-state index is -3.30. The number of hydrogen-bond acceptors (Lipinski definition) is 3.